The fourth-order valence-corrected chi connectivity index (χ4v) is 2.32. The highest BCUT2D eigenvalue weighted by Gasteiger charge is 2.25. The summed E-state index contributed by atoms with van der Waals surface area (Å²) in [6, 6.07) is 6.79. The van der Waals surface area contributed by atoms with Crippen molar-refractivity contribution in [3.05, 3.63) is 39.9 Å². The fraction of sp³-hybridized carbons (Fsp3) is 0.538. The third kappa shape index (κ3) is 2.86. The Morgan fingerprint density at radius 1 is 1.50 bits per heavy atom. The van der Waals surface area contributed by atoms with Gasteiger partial charge in [-0.15, -0.1) is 0 Å². The third-order valence-corrected chi connectivity index (χ3v) is 3.59. The fourth-order valence-electron chi connectivity index (χ4n) is 2.32. The van der Waals surface area contributed by atoms with Gasteiger partial charge in [0.15, 0.2) is 0 Å². The van der Waals surface area contributed by atoms with E-state index in [1.807, 2.05) is 13.0 Å². The van der Waals surface area contributed by atoms with Crippen molar-refractivity contribution in [3.63, 3.8) is 0 Å². The van der Waals surface area contributed by atoms with Crippen molar-refractivity contribution in [2.45, 2.75) is 26.0 Å². The summed E-state index contributed by atoms with van der Waals surface area (Å²) < 4.78 is 0. The van der Waals surface area contributed by atoms with Gasteiger partial charge in [0.1, 0.15) is 0 Å². The molecule has 1 aromatic carbocycles. The average Bonchev–Trinajstić information content (AvgIpc) is 2.34. The molecule has 1 fully saturated rings. The second kappa shape index (κ2) is 5.46. The van der Waals surface area contributed by atoms with Crippen LogP contribution in [0.4, 0.5) is 5.69 Å². The predicted molar refractivity (Wildman–Crippen MR) is 68.2 cm³/mol. The van der Waals surface area contributed by atoms with Gasteiger partial charge in [0.2, 0.25) is 0 Å². The summed E-state index contributed by atoms with van der Waals surface area (Å²) >= 11 is 0. The molecular weight excluding hydrogens is 232 g/mol. The first-order valence-corrected chi connectivity index (χ1v) is 6.20. The zero-order valence-corrected chi connectivity index (χ0v) is 10.5. The van der Waals surface area contributed by atoms with Crippen molar-refractivity contribution in [2.24, 2.45) is 5.92 Å². The minimum absolute atomic E-state index is 0.158. The SMILES string of the molecule is CC1CCN(Cc2ccccc2[N+](=O)[O-])CC1O. The van der Waals surface area contributed by atoms with Gasteiger partial charge in [-0.3, -0.25) is 15.0 Å². The van der Waals surface area contributed by atoms with Crippen LogP contribution in [-0.2, 0) is 6.54 Å². The van der Waals surface area contributed by atoms with Crippen LogP contribution in [0.15, 0.2) is 24.3 Å². The van der Waals surface area contributed by atoms with Crippen LogP contribution >= 0.6 is 0 Å². The van der Waals surface area contributed by atoms with Crippen molar-refractivity contribution in [2.75, 3.05) is 13.1 Å². The molecule has 0 aromatic heterocycles. The maximum Gasteiger partial charge on any atom is 0.273 e. The van der Waals surface area contributed by atoms with Crippen molar-refractivity contribution < 1.29 is 10.0 Å². The highest BCUT2D eigenvalue weighted by atomic mass is 16.6. The molecule has 2 atom stereocenters. The van der Waals surface area contributed by atoms with Gasteiger partial charge in [-0.25, -0.2) is 0 Å². The van der Waals surface area contributed by atoms with Crippen molar-refractivity contribution >= 4 is 5.69 Å². The maximum absolute atomic E-state index is 10.9. The van der Waals surface area contributed by atoms with E-state index in [0.717, 1.165) is 13.0 Å². The van der Waals surface area contributed by atoms with E-state index in [-0.39, 0.29) is 16.7 Å². The lowest BCUT2D eigenvalue weighted by Crippen LogP contribution is -2.42. The van der Waals surface area contributed by atoms with Gasteiger partial charge in [0.25, 0.3) is 5.69 Å². The topological polar surface area (TPSA) is 66.6 Å². The van der Waals surface area contributed by atoms with E-state index in [2.05, 4.69) is 4.90 Å². The average molecular weight is 250 g/mol. The number of nitrogens with zero attached hydrogens (tertiary/aromatic N) is 2. The number of benzene rings is 1. The molecular formula is C13H18N2O3. The number of piperidine rings is 1. The molecule has 5 heteroatoms. The van der Waals surface area contributed by atoms with Crippen LogP contribution in [0.1, 0.15) is 18.9 Å². The van der Waals surface area contributed by atoms with E-state index in [4.69, 9.17) is 0 Å². The number of rotatable bonds is 3. The lowest BCUT2D eigenvalue weighted by Gasteiger charge is -2.34. The highest BCUT2D eigenvalue weighted by molar-refractivity contribution is 5.39. The molecule has 2 unspecified atom stereocenters. The Labute approximate surface area is 106 Å². The molecule has 0 spiro atoms. The lowest BCUT2D eigenvalue weighted by molar-refractivity contribution is -0.385. The number of aliphatic hydroxyl groups is 1. The molecule has 2 rings (SSSR count). The Morgan fingerprint density at radius 3 is 2.89 bits per heavy atom. The molecule has 18 heavy (non-hydrogen) atoms. The van der Waals surface area contributed by atoms with Gasteiger partial charge >= 0.3 is 0 Å². The lowest BCUT2D eigenvalue weighted by atomic mass is 9.95. The minimum atomic E-state index is -0.349. The Morgan fingerprint density at radius 2 is 2.22 bits per heavy atom. The van der Waals surface area contributed by atoms with E-state index in [1.165, 1.54) is 6.07 Å². The van der Waals surface area contributed by atoms with Gasteiger partial charge < -0.3 is 5.11 Å². The van der Waals surface area contributed by atoms with Crippen molar-refractivity contribution in [1.29, 1.82) is 0 Å². The molecule has 98 valence electrons. The van der Waals surface area contributed by atoms with Gasteiger partial charge in [-0.2, -0.15) is 0 Å². The third-order valence-electron chi connectivity index (χ3n) is 3.59. The summed E-state index contributed by atoms with van der Waals surface area (Å²) in [5.74, 6) is 0.312. The Hall–Kier alpha value is -1.46. The Kier molecular flexibility index (Phi) is 3.93. The molecule has 0 radical (unpaired) electrons. The van der Waals surface area contributed by atoms with Crippen molar-refractivity contribution in [3.8, 4) is 0 Å². The van der Waals surface area contributed by atoms with Crippen LogP contribution in [0.25, 0.3) is 0 Å². The van der Waals surface area contributed by atoms with Crippen molar-refractivity contribution in [1.82, 2.24) is 4.90 Å². The van der Waals surface area contributed by atoms with Crippen LogP contribution in [0.3, 0.4) is 0 Å². The number of hydrogen-bond acceptors (Lipinski definition) is 4. The molecule has 0 bridgehead atoms. The first kappa shape index (κ1) is 13.0. The summed E-state index contributed by atoms with van der Waals surface area (Å²) in [5, 5.41) is 20.7. The second-order valence-corrected chi connectivity index (χ2v) is 4.95. The number of nitro benzene ring substituents is 1. The maximum atomic E-state index is 10.9. The number of hydrogen-bond donors (Lipinski definition) is 1. The van der Waals surface area contributed by atoms with E-state index in [0.29, 0.717) is 24.6 Å². The quantitative estimate of drug-likeness (QED) is 0.656. The first-order chi connectivity index (χ1) is 8.58. The Bertz CT molecular complexity index is 436. The van der Waals surface area contributed by atoms with Crippen LogP contribution in [-0.4, -0.2) is 34.1 Å². The van der Waals surface area contributed by atoms with Crippen LogP contribution < -0.4 is 0 Å². The van der Waals surface area contributed by atoms with Gasteiger partial charge in [-0.05, 0) is 18.9 Å². The highest BCUT2D eigenvalue weighted by Crippen LogP contribution is 2.23. The number of β-amino-alcohol motifs (C(OH)–C–C–N with tert-alkyl or cyclic N) is 1. The molecule has 0 amide bonds. The molecule has 1 aliphatic heterocycles. The number of nitro groups is 1. The predicted octanol–water partition coefficient (Wildman–Crippen LogP) is 1.80. The standard InChI is InChI=1S/C13H18N2O3/c1-10-6-7-14(9-13(10)16)8-11-4-2-3-5-12(11)15(17)18/h2-5,10,13,16H,6-9H2,1H3. The summed E-state index contributed by atoms with van der Waals surface area (Å²) in [6.07, 6.45) is 0.600. The molecule has 1 heterocycles. The summed E-state index contributed by atoms with van der Waals surface area (Å²) in [7, 11) is 0. The van der Waals surface area contributed by atoms with E-state index in [1.54, 1.807) is 12.1 Å². The number of para-hydroxylation sites is 1. The number of likely N-dealkylation sites (tertiary alicyclic amines) is 1. The zero-order chi connectivity index (χ0) is 13.1. The van der Waals surface area contributed by atoms with E-state index in [9.17, 15) is 15.2 Å². The summed E-state index contributed by atoms with van der Waals surface area (Å²) in [6.45, 7) is 4.03. The second-order valence-electron chi connectivity index (χ2n) is 4.95. The molecule has 1 N–H and O–H groups in total. The van der Waals surface area contributed by atoms with Crippen LogP contribution in [0, 0.1) is 16.0 Å². The molecule has 0 saturated carbocycles. The largest absolute Gasteiger partial charge is 0.392 e. The summed E-state index contributed by atoms with van der Waals surface area (Å²) in [4.78, 5) is 12.6. The molecule has 0 aliphatic carbocycles. The first-order valence-electron chi connectivity index (χ1n) is 6.20. The molecule has 1 aliphatic rings. The Balaban J connectivity index is 2.08. The van der Waals surface area contributed by atoms with Crippen LogP contribution in [0.2, 0.25) is 0 Å². The molecule has 5 nitrogen and oxygen atoms in total. The van der Waals surface area contributed by atoms with Gasteiger partial charge in [0.05, 0.1) is 11.0 Å². The monoisotopic (exact) mass is 250 g/mol. The summed E-state index contributed by atoms with van der Waals surface area (Å²) in [5.41, 5.74) is 0.870. The molecule has 1 aromatic rings. The molecule has 1 saturated heterocycles. The van der Waals surface area contributed by atoms with Crippen LogP contribution in [0.5, 0.6) is 0 Å². The normalized spacial score (nSPS) is 25.0. The van der Waals surface area contributed by atoms with E-state index < -0.39 is 0 Å². The van der Waals surface area contributed by atoms with E-state index >= 15 is 0 Å². The smallest absolute Gasteiger partial charge is 0.273 e. The minimum Gasteiger partial charge on any atom is -0.392 e. The van der Waals surface area contributed by atoms with Gasteiger partial charge in [-0.1, -0.05) is 25.1 Å². The zero-order valence-electron chi connectivity index (χ0n) is 10.5. The number of aliphatic hydroxyl groups excluding tert-OH is 1. The van der Waals surface area contributed by atoms with Gasteiger partial charge in [0, 0.05) is 24.7 Å².